The van der Waals surface area contributed by atoms with Crippen molar-refractivity contribution in [2.45, 2.75) is 80.9 Å². The molecule has 1 saturated heterocycles. The second-order valence-electron chi connectivity index (χ2n) is 7.36. The summed E-state index contributed by atoms with van der Waals surface area (Å²) in [4.78, 5) is 0. The van der Waals surface area contributed by atoms with E-state index in [9.17, 15) is 25.5 Å². The zero-order chi connectivity index (χ0) is 16.7. The number of hydrogen-bond acceptors (Lipinski definition) is 7. The van der Waals surface area contributed by atoms with Crippen LogP contribution in [0.5, 0.6) is 0 Å². The van der Waals surface area contributed by atoms with Gasteiger partial charge in [0.25, 0.3) is 0 Å². The van der Waals surface area contributed by atoms with Gasteiger partial charge in [-0.1, -0.05) is 0 Å². The van der Waals surface area contributed by atoms with Crippen LogP contribution in [-0.2, 0) is 9.47 Å². The lowest BCUT2D eigenvalue weighted by molar-refractivity contribution is -0.223. The third kappa shape index (κ3) is 3.42. The number of methoxy groups -OCH3 is 1. The maximum absolute atomic E-state index is 10.5. The van der Waals surface area contributed by atoms with Crippen LogP contribution in [0.1, 0.15) is 32.1 Å². The van der Waals surface area contributed by atoms with Crippen molar-refractivity contribution in [1.29, 1.82) is 0 Å². The number of ether oxygens (including phenoxy) is 2. The third-order valence-corrected chi connectivity index (χ3v) is 5.84. The topological polar surface area (TPSA) is 120 Å². The summed E-state index contributed by atoms with van der Waals surface area (Å²) in [7, 11) is 1.49. The molecule has 7 heteroatoms. The van der Waals surface area contributed by atoms with Gasteiger partial charge in [-0.2, -0.15) is 0 Å². The fourth-order valence-corrected chi connectivity index (χ4v) is 4.57. The normalized spacial score (nSPS) is 54.5. The van der Waals surface area contributed by atoms with Gasteiger partial charge in [-0.15, -0.1) is 0 Å². The van der Waals surface area contributed by atoms with Crippen molar-refractivity contribution in [2.24, 2.45) is 11.8 Å². The highest BCUT2D eigenvalue weighted by atomic mass is 16.5. The highest BCUT2D eigenvalue weighted by molar-refractivity contribution is 4.98. The maximum atomic E-state index is 10.5. The van der Waals surface area contributed by atoms with E-state index in [4.69, 9.17) is 9.47 Å². The van der Waals surface area contributed by atoms with Crippen LogP contribution >= 0.6 is 0 Å². The Balaban J connectivity index is 1.70. The summed E-state index contributed by atoms with van der Waals surface area (Å²) in [6.07, 6.45) is -3.03. The standard InChI is InChI=1S/C16H28O7/c1-22-14-3-7(2-11(19)15(14)21)16-12(20)6-9-10(18)4-8(17)5-13(9)23-16/h7-21H,2-6H2,1H3. The summed E-state index contributed by atoms with van der Waals surface area (Å²) in [5, 5.41) is 50.4. The number of aliphatic hydroxyl groups is 5. The molecule has 2 saturated carbocycles. The Morgan fingerprint density at radius 1 is 0.826 bits per heavy atom. The molecule has 0 spiro atoms. The lowest BCUT2D eigenvalue weighted by atomic mass is 9.72. The van der Waals surface area contributed by atoms with Crippen LogP contribution in [-0.4, -0.2) is 81.5 Å². The van der Waals surface area contributed by atoms with Gasteiger partial charge < -0.3 is 35.0 Å². The van der Waals surface area contributed by atoms with Crippen molar-refractivity contribution in [3.05, 3.63) is 0 Å². The van der Waals surface area contributed by atoms with E-state index in [1.165, 1.54) is 7.11 Å². The van der Waals surface area contributed by atoms with Gasteiger partial charge in [-0.05, 0) is 38.0 Å². The second kappa shape index (κ2) is 6.92. The molecule has 0 aromatic carbocycles. The SMILES string of the molecule is COC1CC(C2OC3CC(O)CC(O)C3CC2O)CC(O)C1O. The molecular formula is C16H28O7. The minimum atomic E-state index is -0.928. The predicted octanol–water partition coefficient (Wildman–Crippen LogP) is -1.22. The molecule has 10 unspecified atom stereocenters. The first-order valence-corrected chi connectivity index (χ1v) is 8.49. The van der Waals surface area contributed by atoms with Crippen molar-refractivity contribution in [3.8, 4) is 0 Å². The molecule has 3 rings (SSSR count). The Bertz CT molecular complexity index is 406. The van der Waals surface area contributed by atoms with Crippen molar-refractivity contribution in [3.63, 3.8) is 0 Å². The fourth-order valence-electron chi connectivity index (χ4n) is 4.57. The molecule has 3 fully saturated rings. The summed E-state index contributed by atoms with van der Waals surface area (Å²) in [6.45, 7) is 0. The molecule has 1 aliphatic heterocycles. The number of fused-ring (bicyclic) bond motifs is 1. The van der Waals surface area contributed by atoms with Gasteiger partial charge in [0.05, 0.1) is 42.7 Å². The number of aliphatic hydroxyl groups excluding tert-OH is 5. The Morgan fingerprint density at radius 2 is 1.57 bits per heavy atom. The molecule has 5 N–H and O–H groups in total. The van der Waals surface area contributed by atoms with E-state index in [2.05, 4.69) is 0 Å². The van der Waals surface area contributed by atoms with E-state index in [-0.39, 0.29) is 17.9 Å². The van der Waals surface area contributed by atoms with Gasteiger partial charge >= 0.3 is 0 Å². The Morgan fingerprint density at radius 3 is 2.26 bits per heavy atom. The summed E-state index contributed by atoms with van der Waals surface area (Å²) in [6, 6.07) is 0. The molecule has 2 aliphatic carbocycles. The third-order valence-electron chi connectivity index (χ3n) is 5.84. The molecule has 134 valence electrons. The molecule has 0 radical (unpaired) electrons. The molecule has 0 amide bonds. The first kappa shape index (κ1) is 17.5. The molecule has 23 heavy (non-hydrogen) atoms. The van der Waals surface area contributed by atoms with Crippen molar-refractivity contribution in [1.82, 2.24) is 0 Å². The average Bonchev–Trinajstić information content (AvgIpc) is 2.50. The van der Waals surface area contributed by atoms with Crippen LogP contribution in [0.3, 0.4) is 0 Å². The van der Waals surface area contributed by atoms with E-state index in [1.807, 2.05) is 0 Å². The molecule has 3 aliphatic rings. The van der Waals surface area contributed by atoms with E-state index >= 15 is 0 Å². The molecule has 0 aromatic heterocycles. The maximum Gasteiger partial charge on any atom is 0.106 e. The van der Waals surface area contributed by atoms with Crippen LogP contribution in [0.4, 0.5) is 0 Å². The zero-order valence-corrected chi connectivity index (χ0v) is 13.4. The minimum absolute atomic E-state index is 0.134. The lowest BCUT2D eigenvalue weighted by Crippen LogP contribution is -2.57. The number of rotatable bonds is 2. The van der Waals surface area contributed by atoms with Gasteiger partial charge in [-0.25, -0.2) is 0 Å². The molecule has 0 aromatic rings. The van der Waals surface area contributed by atoms with E-state index in [0.29, 0.717) is 32.1 Å². The van der Waals surface area contributed by atoms with Gasteiger partial charge in [0.15, 0.2) is 0 Å². The summed E-state index contributed by atoms with van der Waals surface area (Å²) >= 11 is 0. The Kier molecular flexibility index (Phi) is 5.27. The van der Waals surface area contributed by atoms with Gasteiger partial charge in [0.1, 0.15) is 6.10 Å². The molecular weight excluding hydrogens is 304 g/mol. The van der Waals surface area contributed by atoms with Gasteiger partial charge in [0, 0.05) is 13.0 Å². The molecule has 10 atom stereocenters. The molecule has 0 bridgehead atoms. The zero-order valence-electron chi connectivity index (χ0n) is 13.4. The highest BCUT2D eigenvalue weighted by Gasteiger charge is 2.49. The molecule has 1 heterocycles. The average molecular weight is 332 g/mol. The van der Waals surface area contributed by atoms with Crippen molar-refractivity contribution in [2.75, 3.05) is 7.11 Å². The van der Waals surface area contributed by atoms with Crippen LogP contribution in [0.2, 0.25) is 0 Å². The first-order chi connectivity index (χ1) is 10.9. The van der Waals surface area contributed by atoms with Crippen molar-refractivity contribution >= 4 is 0 Å². The van der Waals surface area contributed by atoms with Gasteiger partial charge in [0.2, 0.25) is 0 Å². The summed E-state index contributed by atoms with van der Waals surface area (Å²) < 4.78 is 11.3. The smallest absolute Gasteiger partial charge is 0.106 e. The summed E-state index contributed by atoms with van der Waals surface area (Å²) in [5.41, 5.74) is 0. The van der Waals surface area contributed by atoms with Crippen LogP contribution < -0.4 is 0 Å². The van der Waals surface area contributed by atoms with Crippen LogP contribution in [0.15, 0.2) is 0 Å². The highest BCUT2D eigenvalue weighted by Crippen LogP contribution is 2.41. The Labute approximate surface area is 135 Å². The van der Waals surface area contributed by atoms with Gasteiger partial charge in [-0.3, -0.25) is 0 Å². The minimum Gasteiger partial charge on any atom is -0.393 e. The fraction of sp³-hybridized carbons (Fsp3) is 1.00. The van der Waals surface area contributed by atoms with Crippen molar-refractivity contribution < 1.29 is 35.0 Å². The summed E-state index contributed by atoms with van der Waals surface area (Å²) in [5.74, 6) is -0.299. The van der Waals surface area contributed by atoms with E-state index in [0.717, 1.165) is 0 Å². The quantitative estimate of drug-likeness (QED) is 0.430. The second-order valence-corrected chi connectivity index (χ2v) is 7.36. The van der Waals surface area contributed by atoms with E-state index < -0.39 is 42.7 Å². The lowest BCUT2D eigenvalue weighted by Gasteiger charge is -2.49. The molecule has 7 nitrogen and oxygen atoms in total. The van der Waals surface area contributed by atoms with E-state index in [1.54, 1.807) is 0 Å². The first-order valence-electron chi connectivity index (χ1n) is 8.49. The largest absolute Gasteiger partial charge is 0.393 e. The number of hydrogen-bond donors (Lipinski definition) is 5. The Hall–Kier alpha value is -0.280. The van der Waals surface area contributed by atoms with Crippen LogP contribution in [0, 0.1) is 11.8 Å². The monoisotopic (exact) mass is 332 g/mol. The van der Waals surface area contributed by atoms with Crippen LogP contribution in [0.25, 0.3) is 0 Å². The predicted molar refractivity (Wildman–Crippen MR) is 79.6 cm³/mol.